The topological polar surface area (TPSA) is 41.1 Å². The molecule has 21 heavy (non-hydrogen) atoms. The van der Waals surface area contributed by atoms with Crippen LogP contribution in [0.2, 0.25) is 0 Å². The maximum Gasteiger partial charge on any atom is 0.315 e. The third kappa shape index (κ3) is 4.63. The van der Waals surface area contributed by atoms with Crippen molar-refractivity contribution >= 4 is 6.03 Å². The highest BCUT2D eigenvalue weighted by Crippen LogP contribution is 2.15. The number of carbonyl (C=O) groups is 1. The highest BCUT2D eigenvalue weighted by Gasteiger charge is 2.11. The Hall–Kier alpha value is -2.29. The molecule has 2 N–H and O–H groups in total. The molecule has 1 atom stereocenters. The maximum absolute atomic E-state index is 12.0. The molecule has 0 aliphatic heterocycles. The average Bonchev–Trinajstić information content (AvgIpc) is 2.51. The van der Waals surface area contributed by atoms with Crippen LogP contribution in [0.1, 0.15) is 36.1 Å². The van der Waals surface area contributed by atoms with E-state index in [-0.39, 0.29) is 12.1 Å². The van der Waals surface area contributed by atoms with E-state index in [4.69, 9.17) is 0 Å². The van der Waals surface area contributed by atoms with Gasteiger partial charge in [0, 0.05) is 6.54 Å². The van der Waals surface area contributed by atoms with Crippen LogP contribution in [0.15, 0.2) is 54.6 Å². The van der Waals surface area contributed by atoms with Gasteiger partial charge in [0.1, 0.15) is 0 Å². The van der Waals surface area contributed by atoms with Crippen molar-refractivity contribution in [2.45, 2.75) is 32.9 Å². The number of benzene rings is 2. The van der Waals surface area contributed by atoms with E-state index >= 15 is 0 Å². The first-order chi connectivity index (χ1) is 10.2. The molecule has 0 spiro atoms. The van der Waals surface area contributed by atoms with Crippen molar-refractivity contribution in [2.75, 3.05) is 0 Å². The second-order valence-corrected chi connectivity index (χ2v) is 5.19. The second-order valence-electron chi connectivity index (χ2n) is 5.19. The van der Waals surface area contributed by atoms with E-state index in [1.54, 1.807) is 0 Å². The van der Waals surface area contributed by atoms with Gasteiger partial charge in [-0.3, -0.25) is 0 Å². The molecule has 0 aromatic heterocycles. The molecule has 0 radical (unpaired) electrons. The average molecular weight is 282 g/mol. The molecule has 2 amide bonds. The van der Waals surface area contributed by atoms with Gasteiger partial charge >= 0.3 is 6.03 Å². The fourth-order valence-corrected chi connectivity index (χ4v) is 2.32. The van der Waals surface area contributed by atoms with Crippen LogP contribution in [0.4, 0.5) is 4.79 Å². The van der Waals surface area contributed by atoms with Gasteiger partial charge in [-0.15, -0.1) is 0 Å². The van der Waals surface area contributed by atoms with Crippen molar-refractivity contribution in [3.8, 4) is 0 Å². The number of urea groups is 1. The van der Waals surface area contributed by atoms with Crippen molar-refractivity contribution in [3.63, 3.8) is 0 Å². The lowest BCUT2D eigenvalue weighted by atomic mass is 10.1. The summed E-state index contributed by atoms with van der Waals surface area (Å²) in [5, 5.41) is 5.93. The minimum absolute atomic E-state index is 0.0451. The molecular formula is C18H22N2O. The lowest BCUT2D eigenvalue weighted by molar-refractivity contribution is 0.236. The Morgan fingerprint density at radius 1 is 1.10 bits per heavy atom. The molecule has 0 aliphatic rings. The van der Waals surface area contributed by atoms with E-state index in [2.05, 4.69) is 23.6 Å². The summed E-state index contributed by atoms with van der Waals surface area (Å²) in [4.78, 5) is 12.0. The molecule has 0 heterocycles. The zero-order valence-corrected chi connectivity index (χ0v) is 12.6. The number of rotatable bonds is 5. The first-order valence-corrected chi connectivity index (χ1v) is 7.34. The van der Waals surface area contributed by atoms with Gasteiger partial charge in [0.25, 0.3) is 0 Å². The van der Waals surface area contributed by atoms with Gasteiger partial charge in [0.2, 0.25) is 0 Å². The summed E-state index contributed by atoms with van der Waals surface area (Å²) in [5.41, 5.74) is 3.44. The lowest BCUT2D eigenvalue weighted by Gasteiger charge is -2.18. The number of nitrogens with one attached hydrogen (secondary N) is 2. The van der Waals surface area contributed by atoms with Gasteiger partial charge in [-0.2, -0.15) is 0 Å². The smallest absolute Gasteiger partial charge is 0.315 e. The Kier molecular flexibility index (Phi) is 5.38. The van der Waals surface area contributed by atoms with E-state index < -0.39 is 0 Å². The minimum atomic E-state index is -0.132. The van der Waals surface area contributed by atoms with Gasteiger partial charge in [-0.25, -0.2) is 4.79 Å². The van der Waals surface area contributed by atoms with Gasteiger partial charge in [-0.1, -0.05) is 67.1 Å². The third-order valence-electron chi connectivity index (χ3n) is 3.45. The molecule has 0 fully saturated rings. The van der Waals surface area contributed by atoms with E-state index in [0.29, 0.717) is 6.54 Å². The number of amides is 2. The Balaban J connectivity index is 1.89. The number of hydrogen-bond acceptors (Lipinski definition) is 1. The molecule has 1 unspecified atom stereocenters. The molecule has 0 saturated carbocycles. The first-order valence-electron chi connectivity index (χ1n) is 7.34. The highest BCUT2D eigenvalue weighted by atomic mass is 16.2. The van der Waals surface area contributed by atoms with Gasteiger partial charge < -0.3 is 10.6 Å². The van der Waals surface area contributed by atoms with Gasteiger partial charge in [-0.05, 0) is 24.5 Å². The van der Waals surface area contributed by atoms with Crippen LogP contribution in [0.5, 0.6) is 0 Å². The minimum Gasteiger partial charge on any atom is -0.334 e. The van der Waals surface area contributed by atoms with Crippen LogP contribution < -0.4 is 10.6 Å². The summed E-state index contributed by atoms with van der Waals surface area (Å²) in [7, 11) is 0. The number of carbonyl (C=O) groups excluding carboxylic acids is 1. The summed E-state index contributed by atoms with van der Waals surface area (Å²) < 4.78 is 0. The van der Waals surface area contributed by atoms with Crippen molar-refractivity contribution in [3.05, 3.63) is 71.3 Å². The van der Waals surface area contributed by atoms with E-state index in [1.807, 2.05) is 55.5 Å². The summed E-state index contributed by atoms with van der Waals surface area (Å²) in [6, 6.07) is 18.1. The van der Waals surface area contributed by atoms with Gasteiger partial charge in [0.15, 0.2) is 0 Å². The van der Waals surface area contributed by atoms with Crippen LogP contribution in [0.25, 0.3) is 0 Å². The van der Waals surface area contributed by atoms with Crippen molar-refractivity contribution in [2.24, 2.45) is 0 Å². The van der Waals surface area contributed by atoms with Crippen molar-refractivity contribution < 1.29 is 4.79 Å². The van der Waals surface area contributed by atoms with Crippen LogP contribution >= 0.6 is 0 Å². The first kappa shape index (κ1) is 15.1. The predicted molar refractivity (Wildman–Crippen MR) is 86.0 cm³/mol. The zero-order valence-electron chi connectivity index (χ0n) is 12.6. The van der Waals surface area contributed by atoms with Gasteiger partial charge in [0.05, 0.1) is 6.04 Å². The molecule has 0 bridgehead atoms. The van der Waals surface area contributed by atoms with Crippen LogP contribution in [-0.2, 0) is 6.54 Å². The van der Waals surface area contributed by atoms with Crippen molar-refractivity contribution in [1.82, 2.24) is 10.6 Å². The Bertz CT molecular complexity index is 581. The number of hydrogen-bond donors (Lipinski definition) is 2. The SMILES string of the molecule is CCC(NC(=O)NCc1cccc(C)c1)c1ccccc1. The summed E-state index contributed by atoms with van der Waals surface area (Å²) in [6.45, 7) is 4.66. The van der Waals surface area contributed by atoms with E-state index in [9.17, 15) is 4.79 Å². The summed E-state index contributed by atoms with van der Waals surface area (Å²) in [6.07, 6.45) is 0.863. The van der Waals surface area contributed by atoms with Crippen LogP contribution in [-0.4, -0.2) is 6.03 Å². The Morgan fingerprint density at radius 3 is 2.52 bits per heavy atom. The lowest BCUT2D eigenvalue weighted by Crippen LogP contribution is -2.37. The molecular weight excluding hydrogens is 260 g/mol. The van der Waals surface area contributed by atoms with Crippen molar-refractivity contribution in [1.29, 1.82) is 0 Å². The monoisotopic (exact) mass is 282 g/mol. The predicted octanol–water partition coefficient (Wildman–Crippen LogP) is 3.95. The second kappa shape index (κ2) is 7.48. The maximum atomic E-state index is 12.0. The van der Waals surface area contributed by atoms with Crippen LogP contribution in [0, 0.1) is 6.92 Å². The van der Waals surface area contributed by atoms with Crippen LogP contribution in [0.3, 0.4) is 0 Å². The Labute approximate surface area is 126 Å². The molecule has 0 saturated heterocycles. The molecule has 3 heteroatoms. The fourth-order valence-electron chi connectivity index (χ4n) is 2.32. The standard InChI is InChI=1S/C18H22N2O/c1-3-17(16-10-5-4-6-11-16)20-18(21)19-13-15-9-7-8-14(2)12-15/h4-12,17H,3,13H2,1-2H3,(H2,19,20,21). The van der Waals surface area contributed by atoms with E-state index in [0.717, 1.165) is 17.5 Å². The number of aryl methyl sites for hydroxylation is 1. The molecule has 3 nitrogen and oxygen atoms in total. The highest BCUT2D eigenvalue weighted by molar-refractivity contribution is 5.74. The third-order valence-corrected chi connectivity index (χ3v) is 3.45. The fraction of sp³-hybridized carbons (Fsp3) is 0.278. The molecule has 110 valence electrons. The Morgan fingerprint density at radius 2 is 1.86 bits per heavy atom. The van der Waals surface area contributed by atoms with E-state index in [1.165, 1.54) is 5.56 Å². The zero-order chi connectivity index (χ0) is 15.1. The molecule has 0 aliphatic carbocycles. The normalized spacial score (nSPS) is 11.7. The quantitative estimate of drug-likeness (QED) is 0.856. The molecule has 2 aromatic carbocycles. The largest absolute Gasteiger partial charge is 0.334 e. The summed E-state index contributed by atoms with van der Waals surface area (Å²) in [5.74, 6) is 0. The summed E-state index contributed by atoms with van der Waals surface area (Å²) >= 11 is 0. The molecule has 2 rings (SSSR count). The molecule has 2 aromatic rings.